The number of aliphatic hydroxyl groups excluding tert-OH is 7. The van der Waals surface area contributed by atoms with Gasteiger partial charge in [0.2, 0.25) is 0 Å². The highest BCUT2D eigenvalue weighted by Gasteiger charge is 2.49. The van der Waals surface area contributed by atoms with Crippen LogP contribution in [0, 0.1) is 0 Å². The summed E-state index contributed by atoms with van der Waals surface area (Å²) in [6.45, 7) is 0.369. The molecule has 2 saturated heterocycles. The van der Waals surface area contributed by atoms with Crippen LogP contribution >= 0.6 is 0 Å². The lowest BCUT2D eigenvalue weighted by Crippen LogP contribution is -2.64. The molecule has 10 atom stereocenters. The fraction of sp³-hybridized carbons (Fsp3) is 1.00. The van der Waals surface area contributed by atoms with Crippen molar-refractivity contribution in [2.45, 2.75) is 68.1 Å². The minimum absolute atomic E-state index is 0.518. The van der Waals surface area contributed by atoms with E-state index in [1.165, 1.54) is 6.92 Å². The summed E-state index contributed by atoms with van der Waals surface area (Å²) in [5.74, 6) is 0. The van der Waals surface area contributed by atoms with Crippen LogP contribution < -0.4 is 0 Å². The number of ether oxygens (including phenoxy) is 3. The maximum absolute atomic E-state index is 10.1. The molecule has 7 N–H and O–H groups in total. The number of rotatable bonds is 4. The van der Waals surface area contributed by atoms with Gasteiger partial charge in [-0.25, -0.2) is 0 Å². The van der Waals surface area contributed by atoms with Crippen LogP contribution in [-0.4, -0.2) is 110 Å². The van der Waals surface area contributed by atoms with Crippen molar-refractivity contribution in [3.05, 3.63) is 0 Å². The van der Waals surface area contributed by atoms with Gasteiger partial charge in [0.15, 0.2) is 6.29 Å². The monoisotopic (exact) mass is 340 g/mol. The van der Waals surface area contributed by atoms with Gasteiger partial charge in [0, 0.05) is 0 Å². The van der Waals surface area contributed by atoms with Gasteiger partial charge in [0.1, 0.15) is 48.8 Å². The van der Waals surface area contributed by atoms with E-state index in [1.54, 1.807) is 0 Å². The van der Waals surface area contributed by atoms with Gasteiger partial charge < -0.3 is 50.0 Å². The van der Waals surface area contributed by atoms with E-state index in [1.807, 2.05) is 0 Å². The molecule has 136 valence electrons. The van der Waals surface area contributed by atoms with Crippen LogP contribution in [0.4, 0.5) is 0 Å². The molecule has 0 amide bonds. The predicted octanol–water partition coefficient (Wildman–Crippen LogP) is -4.33. The molecule has 2 heterocycles. The molecule has 2 rings (SSSR count). The summed E-state index contributed by atoms with van der Waals surface area (Å²) in [5, 5.41) is 67.8. The average molecular weight is 340 g/mol. The highest BCUT2D eigenvalue weighted by molar-refractivity contribution is 4.94. The Hall–Kier alpha value is -0.400. The van der Waals surface area contributed by atoms with Crippen LogP contribution in [0.2, 0.25) is 0 Å². The zero-order chi connectivity index (χ0) is 17.3. The molecule has 2 fully saturated rings. The molecule has 0 aliphatic carbocycles. The van der Waals surface area contributed by atoms with Gasteiger partial charge in [-0.3, -0.25) is 0 Å². The van der Waals surface area contributed by atoms with E-state index in [0.29, 0.717) is 0 Å². The van der Waals surface area contributed by atoms with Gasteiger partial charge in [-0.15, -0.1) is 0 Å². The Balaban J connectivity index is 2.11. The van der Waals surface area contributed by atoms with E-state index in [4.69, 9.17) is 19.3 Å². The molecule has 10 heteroatoms. The predicted molar refractivity (Wildman–Crippen MR) is 72.1 cm³/mol. The van der Waals surface area contributed by atoms with Crippen molar-refractivity contribution in [1.82, 2.24) is 0 Å². The highest BCUT2D eigenvalue weighted by Crippen LogP contribution is 2.28. The zero-order valence-electron chi connectivity index (χ0n) is 12.5. The normalized spacial score (nSPS) is 51.7. The summed E-state index contributed by atoms with van der Waals surface area (Å²) in [4.78, 5) is 0. The summed E-state index contributed by atoms with van der Waals surface area (Å²) in [5.41, 5.74) is 0. The second-order valence-corrected chi connectivity index (χ2v) is 5.84. The summed E-state index contributed by atoms with van der Waals surface area (Å²) in [7, 11) is 0. The molecule has 0 radical (unpaired) electrons. The summed E-state index contributed by atoms with van der Waals surface area (Å²) >= 11 is 0. The first kappa shape index (κ1) is 18.9. The number of hydrogen-bond acceptors (Lipinski definition) is 10. The Bertz CT molecular complexity index is 378. The molecule has 2 aliphatic heterocycles. The minimum Gasteiger partial charge on any atom is -0.394 e. The molecule has 0 aromatic heterocycles. The highest BCUT2D eigenvalue weighted by atomic mass is 16.7. The van der Waals surface area contributed by atoms with Crippen molar-refractivity contribution in [3.8, 4) is 0 Å². The van der Waals surface area contributed by atoms with E-state index in [2.05, 4.69) is 0 Å². The molecular formula is C13H24O10. The van der Waals surface area contributed by atoms with Crippen LogP contribution in [0.1, 0.15) is 6.92 Å². The van der Waals surface area contributed by atoms with E-state index < -0.39 is 74.4 Å². The zero-order valence-corrected chi connectivity index (χ0v) is 12.5. The van der Waals surface area contributed by atoms with Gasteiger partial charge in [-0.05, 0) is 6.92 Å². The molecule has 6 unspecified atom stereocenters. The van der Waals surface area contributed by atoms with Crippen LogP contribution in [0.15, 0.2) is 0 Å². The SMILES string of the molecule is C[C@@H]1OC(CO)[C@@H](O[C@@H]2OC(CO)[C@H](O)C(O)C2O)C(O)C1O. The molecule has 2 aliphatic rings. The van der Waals surface area contributed by atoms with Gasteiger partial charge in [0.25, 0.3) is 0 Å². The molecule has 23 heavy (non-hydrogen) atoms. The standard InChI is InChI=1S/C13H24O10/c1-4-7(16)10(19)12(6(3-15)21-4)23-13-11(20)9(18)8(17)5(2-14)22-13/h4-20H,2-3H2,1H3/t4-,5?,6?,7?,8-,9?,10?,11?,12+,13-/m0/s1. The number of aliphatic hydroxyl groups is 7. The van der Waals surface area contributed by atoms with Crippen molar-refractivity contribution >= 4 is 0 Å². The molecular weight excluding hydrogens is 316 g/mol. The van der Waals surface area contributed by atoms with Crippen molar-refractivity contribution < 1.29 is 50.0 Å². The summed E-state index contributed by atoms with van der Waals surface area (Å²) in [6.07, 6.45) is -13.2. The average Bonchev–Trinajstić information content (AvgIpc) is 2.55. The molecule has 0 aromatic rings. The second-order valence-electron chi connectivity index (χ2n) is 5.84. The van der Waals surface area contributed by atoms with Gasteiger partial charge in [-0.2, -0.15) is 0 Å². The second kappa shape index (κ2) is 7.66. The Labute approximate surface area is 132 Å². The molecule has 0 spiro atoms. The third-order valence-electron chi connectivity index (χ3n) is 4.24. The van der Waals surface area contributed by atoms with E-state index >= 15 is 0 Å². The van der Waals surface area contributed by atoms with E-state index in [9.17, 15) is 30.6 Å². The molecule has 0 bridgehead atoms. The van der Waals surface area contributed by atoms with Crippen molar-refractivity contribution in [2.24, 2.45) is 0 Å². The van der Waals surface area contributed by atoms with E-state index in [-0.39, 0.29) is 0 Å². The molecule has 0 aromatic carbocycles. The quantitative estimate of drug-likeness (QED) is 0.265. The van der Waals surface area contributed by atoms with Crippen LogP contribution in [0.3, 0.4) is 0 Å². The summed E-state index contributed by atoms with van der Waals surface area (Å²) < 4.78 is 15.9. The molecule has 0 saturated carbocycles. The third kappa shape index (κ3) is 3.66. The van der Waals surface area contributed by atoms with Crippen molar-refractivity contribution in [1.29, 1.82) is 0 Å². The van der Waals surface area contributed by atoms with E-state index in [0.717, 1.165) is 0 Å². The van der Waals surface area contributed by atoms with Crippen LogP contribution in [0.5, 0.6) is 0 Å². The third-order valence-corrected chi connectivity index (χ3v) is 4.24. The maximum atomic E-state index is 10.1. The first-order valence-electron chi connectivity index (χ1n) is 7.40. The van der Waals surface area contributed by atoms with Gasteiger partial charge in [0.05, 0.1) is 19.3 Å². The maximum Gasteiger partial charge on any atom is 0.187 e. The Morgan fingerprint density at radius 2 is 1.35 bits per heavy atom. The Morgan fingerprint density at radius 1 is 0.739 bits per heavy atom. The first-order valence-corrected chi connectivity index (χ1v) is 7.40. The van der Waals surface area contributed by atoms with Crippen molar-refractivity contribution in [3.63, 3.8) is 0 Å². The lowest BCUT2D eigenvalue weighted by molar-refractivity contribution is -0.341. The summed E-state index contributed by atoms with van der Waals surface area (Å²) in [6, 6.07) is 0. The number of hydrogen-bond donors (Lipinski definition) is 7. The Morgan fingerprint density at radius 3 is 1.91 bits per heavy atom. The van der Waals surface area contributed by atoms with Crippen LogP contribution in [-0.2, 0) is 14.2 Å². The fourth-order valence-corrected chi connectivity index (χ4v) is 2.78. The lowest BCUT2D eigenvalue weighted by Gasteiger charge is -2.45. The van der Waals surface area contributed by atoms with Crippen molar-refractivity contribution in [2.75, 3.05) is 13.2 Å². The fourth-order valence-electron chi connectivity index (χ4n) is 2.78. The lowest BCUT2D eigenvalue weighted by atomic mass is 9.95. The molecule has 10 nitrogen and oxygen atoms in total. The smallest absolute Gasteiger partial charge is 0.187 e. The van der Waals surface area contributed by atoms with Gasteiger partial charge >= 0.3 is 0 Å². The first-order chi connectivity index (χ1) is 10.8. The van der Waals surface area contributed by atoms with Gasteiger partial charge in [-0.1, -0.05) is 0 Å². The minimum atomic E-state index is -1.66. The van der Waals surface area contributed by atoms with Crippen LogP contribution in [0.25, 0.3) is 0 Å². The Kier molecular flexibility index (Phi) is 6.30. The largest absolute Gasteiger partial charge is 0.394 e. The topological polar surface area (TPSA) is 169 Å².